The van der Waals surface area contributed by atoms with E-state index in [1.165, 1.54) is 0 Å². The number of benzene rings is 1. The fourth-order valence-corrected chi connectivity index (χ4v) is 1.56. The molecule has 0 bridgehead atoms. The molecule has 0 amide bonds. The number of phenolic OH excluding ortho intramolecular Hbond substituents is 1. The molecule has 0 atom stereocenters. The summed E-state index contributed by atoms with van der Waals surface area (Å²) in [6.07, 6.45) is 0. The van der Waals surface area contributed by atoms with Gasteiger partial charge < -0.3 is 14.9 Å². The zero-order valence-corrected chi connectivity index (χ0v) is 10.2. The van der Waals surface area contributed by atoms with Crippen LogP contribution >= 0.6 is 0 Å². The second-order valence-corrected chi connectivity index (χ2v) is 4.84. The van der Waals surface area contributed by atoms with E-state index in [4.69, 9.17) is 9.84 Å². The number of phenols is 1. The first-order valence-corrected chi connectivity index (χ1v) is 5.46. The Morgan fingerprint density at radius 2 is 1.94 bits per heavy atom. The minimum absolute atomic E-state index is 0.000274. The van der Waals surface area contributed by atoms with E-state index in [2.05, 4.69) is 20.8 Å². The minimum atomic E-state index is -0.0862. The predicted molar refractivity (Wildman–Crippen MR) is 63.5 cm³/mol. The highest BCUT2D eigenvalue weighted by atomic mass is 16.5. The normalized spacial score (nSPS) is 11.8. The predicted octanol–water partition coefficient (Wildman–Crippen LogP) is 2.20. The minimum Gasteiger partial charge on any atom is -0.507 e. The summed E-state index contributed by atoms with van der Waals surface area (Å²) < 4.78 is 5.21. The van der Waals surface area contributed by atoms with Gasteiger partial charge in [-0.3, -0.25) is 0 Å². The van der Waals surface area contributed by atoms with Crippen LogP contribution in [0.25, 0.3) is 0 Å². The number of ether oxygens (including phenoxy) is 1. The van der Waals surface area contributed by atoms with Gasteiger partial charge in [0, 0.05) is 5.56 Å². The molecule has 0 fully saturated rings. The van der Waals surface area contributed by atoms with Gasteiger partial charge in [0.25, 0.3) is 0 Å². The van der Waals surface area contributed by atoms with Crippen molar-refractivity contribution < 1.29 is 14.9 Å². The van der Waals surface area contributed by atoms with Crippen molar-refractivity contribution in [2.75, 3.05) is 13.2 Å². The number of rotatable bonds is 4. The third-order valence-corrected chi connectivity index (χ3v) is 2.42. The van der Waals surface area contributed by atoms with Crippen molar-refractivity contribution in [3.05, 3.63) is 29.3 Å². The molecular formula is C13H20O3. The van der Waals surface area contributed by atoms with Crippen molar-refractivity contribution in [2.24, 2.45) is 0 Å². The molecule has 1 aromatic rings. The SMILES string of the molecule is CC(C)(C)c1cccc(COCCO)c1O. The summed E-state index contributed by atoms with van der Waals surface area (Å²) in [4.78, 5) is 0. The number of aliphatic hydroxyl groups is 1. The summed E-state index contributed by atoms with van der Waals surface area (Å²) in [6.45, 7) is 6.79. The Kier molecular flexibility index (Phi) is 4.33. The molecule has 3 nitrogen and oxygen atoms in total. The lowest BCUT2D eigenvalue weighted by Crippen LogP contribution is -2.12. The van der Waals surface area contributed by atoms with Crippen LogP contribution in [0.5, 0.6) is 5.75 Å². The monoisotopic (exact) mass is 224 g/mol. The van der Waals surface area contributed by atoms with Crippen LogP contribution in [0.2, 0.25) is 0 Å². The molecule has 0 aliphatic rings. The molecule has 0 saturated heterocycles. The van der Waals surface area contributed by atoms with Crippen LogP contribution in [0.3, 0.4) is 0 Å². The molecule has 2 N–H and O–H groups in total. The zero-order chi connectivity index (χ0) is 12.2. The molecule has 0 aliphatic carbocycles. The molecule has 1 rings (SSSR count). The Bertz CT molecular complexity index is 340. The van der Waals surface area contributed by atoms with E-state index < -0.39 is 0 Å². The van der Waals surface area contributed by atoms with E-state index in [1.54, 1.807) is 0 Å². The van der Waals surface area contributed by atoms with Gasteiger partial charge in [0.2, 0.25) is 0 Å². The van der Waals surface area contributed by atoms with Gasteiger partial charge in [0.15, 0.2) is 0 Å². The van der Waals surface area contributed by atoms with Crippen LogP contribution in [-0.2, 0) is 16.8 Å². The fourth-order valence-electron chi connectivity index (χ4n) is 1.56. The summed E-state index contributed by atoms with van der Waals surface area (Å²) >= 11 is 0. The molecule has 0 aliphatic heterocycles. The van der Waals surface area contributed by atoms with E-state index in [-0.39, 0.29) is 12.0 Å². The van der Waals surface area contributed by atoms with Gasteiger partial charge in [-0.1, -0.05) is 39.0 Å². The molecule has 0 spiro atoms. The van der Waals surface area contributed by atoms with Crippen LogP contribution in [0.15, 0.2) is 18.2 Å². The van der Waals surface area contributed by atoms with Gasteiger partial charge in [-0.15, -0.1) is 0 Å². The van der Waals surface area contributed by atoms with Gasteiger partial charge in [0.05, 0.1) is 19.8 Å². The van der Waals surface area contributed by atoms with Crippen molar-refractivity contribution in [3.8, 4) is 5.75 Å². The zero-order valence-electron chi connectivity index (χ0n) is 10.2. The quantitative estimate of drug-likeness (QED) is 0.771. The largest absolute Gasteiger partial charge is 0.507 e. The molecular weight excluding hydrogens is 204 g/mol. The smallest absolute Gasteiger partial charge is 0.124 e. The van der Waals surface area contributed by atoms with Crippen LogP contribution in [0, 0.1) is 0 Å². The highest BCUT2D eigenvalue weighted by molar-refractivity contribution is 5.43. The second kappa shape index (κ2) is 5.32. The molecule has 1 aromatic carbocycles. The standard InChI is InChI=1S/C13H20O3/c1-13(2,3)11-6-4-5-10(12(11)15)9-16-8-7-14/h4-6,14-15H,7-9H2,1-3H3. The first-order valence-electron chi connectivity index (χ1n) is 5.46. The molecule has 0 unspecified atom stereocenters. The Hall–Kier alpha value is -1.06. The van der Waals surface area contributed by atoms with E-state index in [9.17, 15) is 5.11 Å². The Labute approximate surface area is 96.7 Å². The lowest BCUT2D eigenvalue weighted by Gasteiger charge is -2.21. The number of hydrogen-bond acceptors (Lipinski definition) is 3. The molecule has 16 heavy (non-hydrogen) atoms. The van der Waals surface area contributed by atoms with Crippen molar-refractivity contribution in [1.29, 1.82) is 0 Å². The molecule has 0 radical (unpaired) electrons. The van der Waals surface area contributed by atoms with Crippen molar-refractivity contribution in [1.82, 2.24) is 0 Å². The van der Waals surface area contributed by atoms with E-state index in [0.717, 1.165) is 11.1 Å². The van der Waals surface area contributed by atoms with Crippen LogP contribution < -0.4 is 0 Å². The molecule has 3 heteroatoms. The van der Waals surface area contributed by atoms with Crippen LogP contribution in [0.4, 0.5) is 0 Å². The van der Waals surface area contributed by atoms with Gasteiger partial charge in [-0.05, 0) is 11.0 Å². The average molecular weight is 224 g/mol. The third-order valence-electron chi connectivity index (χ3n) is 2.42. The summed E-state index contributed by atoms with van der Waals surface area (Å²) in [5, 5.41) is 18.7. The van der Waals surface area contributed by atoms with E-state index in [0.29, 0.717) is 19.0 Å². The summed E-state index contributed by atoms with van der Waals surface area (Å²) in [5.41, 5.74) is 1.59. The van der Waals surface area contributed by atoms with Gasteiger partial charge in [0.1, 0.15) is 5.75 Å². The van der Waals surface area contributed by atoms with E-state index in [1.807, 2.05) is 18.2 Å². The highest BCUT2D eigenvalue weighted by Gasteiger charge is 2.19. The van der Waals surface area contributed by atoms with Crippen LogP contribution in [-0.4, -0.2) is 23.4 Å². The molecule has 90 valence electrons. The van der Waals surface area contributed by atoms with Gasteiger partial charge in [-0.2, -0.15) is 0 Å². The molecule has 0 aromatic heterocycles. The lowest BCUT2D eigenvalue weighted by molar-refractivity contribution is 0.0803. The Balaban J connectivity index is 2.87. The Morgan fingerprint density at radius 3 is 2.50 bits per heavy atom. The van der Waals surface area contributed by atoms with E-state index >= 15 is 0 Å². The average Bonchev–Trinajstić information content (AvgIpc) is 2.19. The van der Waals surface area contributed by atoms with Crippen LogP contribution in [0.1, 0.15) is 31.9 Å². The summed E-state index contributed by atoms with van der Waals surface area (Å²) in [6, 6.07) is 5.67. The first-order chi connectivity index (χ1) is 7.46. The molecule has 0 heterocycles. The maximum Gasteiger partial charge on any atom is 0.124 e. The number of hydrogen-bond donors (Lipinski definition) is 2. The Morgan fingerprint density at radius 1 is 1.25 bits per heavy atom. The topological polar surface area (TPSA) is 49.7 Å². The fraction of sp³-hybridized carbons (Fsp3) is 0.538. The van der Waals surface area contributed by atoms with Crippen molar-refractivity contribution >= 4 is 0 Å². The van der Waals surface area contributed by atoms with Crippen molar-refractivity contribution in [2.45, 2.75) is 32.8 Å². The van der Waals surface area contributed by atoms with Crippen molar-refractivity contribution in [3.63, 3.8) is 0 Å². The summed E-state index contributed by atoms with van der Waals surface area (Å²) in [5.74, 6) is 0.299. The highest BCUT2D eigenvalue weighted by Crippen LogP contribution is 2.33. The van der Waals surface area contributed by atoms with Gasteiger partial charge >= 0.3 is 0 Å². The number of para-hydroxylation sites is 1. The first kappa shape index (κ1) is 13.0. The maximum absolute atomic E-state index is 10.1. The van der Waals surface area contributed by atoms with Gasteiger partial charge in [-0.25, -0.2) is 0 Å². The second-order valence-electron chi connectivity index (χ2n) is 4.84. The molecule has 0 saturated carbocycles. The number of aromatic hydroxyl groups is 1. The lowest BCUT2D eigenvalue weighted by atomic mass is 9.85. The third kappa shape index (κ3) is 3.22. The summed E-state index contributed by atoms with van der Waals surface area (Å²) in [7, 11) is 0. The maximum atomic E-state index is 10.1. The number of aliphatic hydroxyl groups excluding tert-OH is 1.